The summed E-state index contributed by atoms with van der Waals surface area (Å²) in [4.78, 5) is 28.2. The average Bonchev–Trinajstić information content (AvgIpc) is 2.72. The summed E-state index contributed by atoms with van der Waals surface area (Å²) in [5.74, 6) is -1.74. The van der Waals surface area contributed by atoms with Gasteiger partial charge in [0.1, 0.15) is 17.1 Å². The van der Waals surface area contributed by atoms with Crippen molar-refractivity contribution < 1.29 is 23.8 Å². The highest BCUT2D eigenvalue weighted by Gasteiger charge is 2.32. The molecule has 1 aliphatic heterocycles. The van der Waals surface area contributed by atoms with Gasteiger partial charge in [0.15, 0.2) is 6.61 Å². The molecular weight excluding hydrogens is 425 g/mol. The first-order valence-electron chi connectivity index (χ1n) is 9.88. The number of carbonyl (C=O) groups excluding carboxylic acids is 1. The Morgan fingerprint density at radius 3 is 2.52 bits per heavy atom. The van der Waals surface area contributed by atoms with E-state index in [4.69, 9.17) is 22.1 Å². The van der Waals surface area contributed by atoms with E-state index in [2.05, 4.69) is 4.90 Å². The number of hydrogen-bond donors (Lipinski definition) is 2. The summed E-state index contributed by atoms with van der Waals surface area (Å²) < 4.78 is 18.6. The van der Waals surface area contributed by atoms with Gasteiger partial charge in [-0.15, -0.1) is 0 Å². The number of hydrogen-bond acceptors (Lipinski definition) is 5. The summed E-state index contributed by atoms with van der Waals surface area (Å²) in [6.07, 6.45) is 0. The standard InChI is InChI=1S/C22H25ClFN3O4/c1-13-10-27(14(2)9-26(13)11-15-3-5-16(24)6-4-15)21(28)12-31-20-8-19(25)18(23)7-17(20)22(29)30/h3-8,13-14H,9-12,25H2,1-2H3,(H,29,30). The average molecular weight is 450 g/mol. The second-order valence-electron chi connectivity index (χ2n) is 7.76. The Kier molecular flexibility index (Phi) is 7.02. The van der Waals surface area contributed by atoms with Crippen LogP contribution in [0.2, 0.25) is 5.02 Å². The topological polar surface area (TPSA) is 96.1 Å². The molecule has 7 nitrogen and oxygen atoms in total. The van der Waals surface area contributed by atoms with Gasteiger partial charge in [-0.25, -0.2) is 9.18 Å². The minimum atomic E-state index is -1.22. The first-order valence-corrected chi connectivity index (χ1v) is 10.3. The number of halogens is 2. The fraction of sp³-hybridized carbons (Fsp3) is 0.364. The molecule has 2 unspecified atom stereocenters. The van der Waals surface area contributed by atoms with E-state index in [9.17, 15) is 19.1 Å². The second-order valence-corrected chi connectivity index (χ2v) is 8.17. The number of aromatic carboxylic acids is 1. The van der Waals surface area contributed by atoms with E-state index in [-0.39, 0.29) is 52.4 Å². The van der Waals surface area contributed by atoms with Gasteiger partial charge in [0, 0.05) is 37.8 Å². The Balaban J connectivity index is 1.62. The van der Waals surface area contributed by atoms with Gasteiger partial charge in [-0.1, -0.05) is 23.7 Å². The molecule has 1 heterocycles. The van der Waals surface area contributed by atoms with Crippen molar-refractivity contribution in [2.24, 2.45) is 0 Å². The van der Waals surface area contributed by atoms with E-state index in [1.54, 1.807) is 17.0 Å². The summed E-state index contributed by atoms with van der Waals surface area (Å²) in [6.45, 7) is 5.48. The van der Waals surface area contributed by atoms with Crippen LogP contribution in [-0.2, 0) is 11.3 Å². The molecule has 2 aromatic rings. The van der Waals surface area contributed by atoms with Crippen molar-refractivity contribution in [2.45, 2.75) is 32.5 Å². The van der Waals surface area contributed by atoms with Gasteiger partial charge in [0.2, 0.25) is 0 Å². The Hall–Kier alpha value is -2.84. The third kappa shape index (κ3) is 5.45. The molecule has 1 aliphatic rings. The highest BCUT2D eigenvalue weighted by Crippen LogP contribution is 2.29. The van der Waals surface area contributed by atoms with Crippen LogP contribution in [0.15, 0.2) is 36.4 Å². The summed E-state index contributed by atoms with van der Waals surface area (Å²) in [7, 11) is 0. The lowest BCUT2D eigenvalue weighted by Gasteiger charge is -2.44. The van der Waals surface area contributed by atoms with Gasteiger partial charge < -0.3 is 20.5 Å². The monoisotopic (exact) mass is 449 g/mol. The largest absolute Gasteiger partial charge is 0.483 e. The normalized spacial score (nSPS) is 19.3. The van der Waals surface area contributed by atoms with E-state index >= 15 is 0 Å². The highest BCUT2D eigenvalue weighted by molar-refractivity contribution is 6.33. The first-order chi connectivity index (χ1) is 14.7. The molecule has 166 valence electrons. The minimum absolute atomic E-state index is 0.00148. The molecule has 0 bridgehead atoms. The van der Waals surface area contributed by atoms with Crippen LogP contribution in [0.4, 0.5) is 10.1 Å². The molecule has 2 aromatic carbocycles. The maximum Gasteiger partial charge on any atom is 0.339 e. The van der Waals surface area contributed by atoms with Crippen molar-refractivity contribution in [1.29, 1.82) is 0 Å². The van der Waals surface area contributed by atoms with Crippen molar-refractivity contribution in [2.75, 3.05) is 25.4 Å². The summed E-state index contributed by atoms with van der Waals surface area (Å²) in [5, 5.41) is 9.44. The maximum atomic E-state index is 13.1. The van der Waals surface area contributed by atoms with Crippen molar-refractivity contribution in [3.05, 3.63) is 58.4 Å². The minimum Gasteiger partial charge on any atom is -0.483 e. The second kappa shape index (κ2) is 9.53. The molecule has 1 amide bonds. The zero-order chi connectivity index (χ0) is 22.7. The Morgan fingerprint density at radius 1 is 1.19 bits per heavy atom. The number of carboxylic acid groups (broad SMARTS) is 1. The SMILES string of the molecule is CC1CN(C(=O)COc2cc(N)c(Cl)cc2C(=O)O)C(C)CN1Cc1ccc(F)cc1. The number of ether oxygens (including phenoxy) is 1. The molecule has 3 N–H and O–H groups in total. The van der Waals surface area contributed by atoms with Crippen LogP contribution < -0.4 is 10.5 Å². The number of amides is 1. The smallest absolute Gasteiger partial charge is 0.339 e. The van der Waals surface area contributed by atoms with Crippen LogP contribution in [0.1, 0.15) is 29.8 Å². The quantitative estimate of drug-likeness (QED) is 0.657. The summed E-state index contributed by atoms with van der Waals surface area (Å²) in [5.41, 5.74) is 6.76. The molecule has 2 atom stereocenters. The number of nitrogen functional groups attached to an aromatic ring is 1. The van der Waals surface area contributed by atoms with Crippen molar-refractivity contribution in [3.8, 4) is 5.75 Å². The van der Waals surface area contributed by atoms with Crippen molar-refractivity contribution >= 4 is 29.2 Å². The zero-order valence-corrected chi connectivity index (χ0v) is 18.1. The Labute approximate surface area is 185 Å². The Bertz CT molecular complexity index is 970. The van der Waals surface area contributed by atoms with E-state index < -0.39 is 5.97 Å². The third-order valence-corrected chi connectivity index (χ3v) is 5.74. The molecule has 31 heavy (non-hydrogen) atoms. The van der Waals surface area contributed by atoms with Crippen LogP contribution in [0, 0.1) is 5.82 Å². The third-order valence-electron chi connectivity index (χ3n) is 5.41. The molecular formula is C22H25ClFN3O4. The van der Waals surface area contributed by atoms with E-state index in [1.807, 2.05) is 13.8 Å². The zero-order valence-electron chi connectivity index (χ0n) is 17.3. The van der Waals surface area contributed by atoms with E-state index in [0.717, 1.165) is 5.56 Å². The number of anilines is 1. The lowest BCUT2D eigenvalue weighted by Crippen LogP contribution is -2.58. The molecule has 9 heteroatoms. The van der Waals surface area contributed by atoms with Crippen LogP contribution in [0.5, 0.6) is 5.75 Å². The number of benzene rings is 2. The molecule has 0 saturated carbocycles. The van der Waals surface area contributed by atoms with Crippen LogP contribution in [0.3, 0.4) is 0 Å². The number of piperazine rings is 1. The molecule has 1 saturated heterocycles. The lowest BCUT2D eigenvalue weighted by atomic mass is 10.1. The maximum absolute atomic E-state index is 13.1. The molecule has 0 radical (unpaired) electrons. The predicted molar refractivity (Wildman–Crippen MR) is 116 cm³/mol. The summed E-state index contributed by atoms with van der Waals surface area (Å²) in [6, 6.07) is 8.94. The summed E-state index contributed by atoms with van der Waals surface area (Å²) >= 11 is 5.89. The van der Waals surface area contributed by atoms with Crippen molar-refractivity contribution in [3.63, 3.8) is 0 Å². The first kappa shape index (κ1) is 22.8. The predicted octanol–water partition coefficient (Wildman–Crippen LogP) is 3.26. The van der Waals surface area contributed by atoms with E-state index in [1.165, 1.54) is 24.3 Å². The molecule has 1 fully saturated rings. The van der Waals surface area contributed by atoms with Gasteiger partial charge in [-0.2, -0.15) is 0 Å². The van der Waals surface area contributed by atoms with Gasteiger partial charge in [0.05, 0.1) is 10.7 Å². The number of nitrogens with two attached hydrogens (primary N) is 1. The van der Waals surface area contributed by atoms with Crippen LogP contribution >= 0.6 is 11.6 Å². The van der Waals surface area contributed by atoms with Gasteiger partial charge >= 0.3 is 5.97 Å². The van der Waals surface area contributed by atoms with Gasteiger partial charge in [-0.05, 0) is 37.6 Å². The fourth-order valence-electron chi connectivity index (χ4n) is 3.67. The van der Waals surface area contributed by atoms with E-state index in [0.29, 0.717) is 19.6 Å². The molecule has 0 spiro atoms. The van der Waals surface area contributed by atoms with Crippen LogP contribution in [-0.4, -0.2) is 58.6 Å². The fourth-order valence-corrected chi connectivity index (χ4v) is 3.83. The lowest BCUT2D eigenvalue weighted by molar-refractivity contribution is -0.139. The highest BCUT2D eigenvalue weighted by atomic mass is 35.5. The molecule has 3 rings (SSSR count). The Morgan fingerprint density at radius 2 is 1.87 bits per heavy atom. The van der Waals surface area contributed by atoms with Crippen LogP contribution in [0.25, 0.3) is 0 Å². The molecule has 0 aromatic heterocycles. The number of nitrogens with zero attached hydrogens (tertiary/aromatic N) is 2. The number of carbonyl (C=O) groups is 2. The number of rotatable bonds is 6. The molecule has 0 aliphatic carbocycles. The van der Waals surface area contributed by atoms with Gasteiger partial charge in [0.25, 0.3) is 5.91 Å². The van der Waals surface area contributed by atoms with Crippen molar-refractivity contribution in [1.82, 2.24) is 9.80 Å². The number of carboxylic acids is 1. The van der Waals surface area contributed by atoms with Gasteiger partial charge in [-0.3, -0.25) is 9.69 Å².